The van der Waals surface area contributed by atoms with E-state index < -0.39 is 23.2 Å². The van der Waals surface area contributed by atoms with Crippen LogP contribution >= 0.6 is 0 Å². The largest absolute Gasteiger partial charge is 0.354 e. The molecule has 0 bridgehead atoms. The minimum Gasteiger partial charge on any atom is -0.354 e. The first-order valence-electron chi connectivity index (χ1n) is 7.58. The standard InChI is InChI=1S/C19H15F2N3O/c1-12-5-2-3-8-16(12)23-13-9-10-17(22-11-13)19(25)24-18-14(20)6-4-7-15(18)21/h2-11,23H,1H3,(H,24,25). The van der Waals surface area contributed by atoms with Gasteiger partial charge in [0.05, 0.1) is 11.9 Å². The van der Waals surface area contributed by atoms with E-state index >= 15 is 0 Å². The molecular weight excluding hydrogens is 324 g/mol. The fourth-order valence-corrected chi connectivity index (χ4v) is 2.27. The zero-order valence-electron chi connectivity index (χ0n) is 13.4. The Morgan fingerprint density at radius 1 is 0.960 bits per heavy atom. The van der Waals surface area contributed by atoms with Crippen LogP contribution in [-0.4, -0.2) is 10.9 Å². The van der Waals surface area contributed by atoms with Crippen LogP contribution in [0.5, 0.6) is 0 Å². The fraction of sp³-hybridized carbons (Fsp3) is 0.0526. The highest BCUT2D eigenvalue weighted by Crippen LogP contribution is 2.21. The summed E-state index contributed by atoms with van der Waals surface area (Å²) >= 11 is 0. The number of rotatable bonds is 4. The molecule has 2 aromatic carbocycles. The third-order valence-corrected chi connectivity index (χ3v) is 3.62. The second-order valence-corrected chi connectivity index (χ2v) is 5.42. The molecule has 0 fully saturated rings. The maximum atomic E-state index is 13.6. The van der Waals surface area contributed by atoms with Crippen LogP contribution in [0.2, 0.25) is 0 Å². The van der Waals surface area contributed by atoms with Gasteiger partial charge in [-0.05, 0) is 42.8 Å². The SMILES string of the molecule is Cc1ccccc1Nc1ccc(C(=O)Nc2c(F)cccc2F)nc1. The maximum absolute atomic E-state index is 13.6. The van der Waals surface area contributed by atoms with Crippen molar-refractivity contribution in [2.75, 3.05) is 10.6 Å². The zero-order chi connectivity index (χ0) is 17.8. The molecule has 0 unspecified atom stereocenters. The van der Waals surface area contributed by atoms with Gasteiger partial charge in [0, 0.05) is 5.69 Å². The number of hydrogen-bond acceptors (Lipinski definition) is 3. The first-order valence-corrected chi connectivity index (χ1v) is 7.58. The van der Waals surface area contributed by atoms with Gasteiger partial charge in [-0.25, -0.2) is 13.8 Å². The van der Waals surface area contributed by atoms with Crippen LogP contribution in [0.15, 0.2) is 60.8 Å². The van der Waals surface area contributed by atoms with Gasteiger partial charge >= 0.3 is 0 Å². The third-order valence-electron chi connectivity index (χ3n) is 3.62. The molecule has 25 heavy (non-hydrogen) atoms. The third kappa shape index (κ3) is 3.80. The van der Waals surface area contributed by atoms with Crippen molar-refractivity contribution in [3.63, 3.8) is 0 Å². The highest BCUT2D eigenvalue weighted by Gasteiger charge is 2.14. The van der Waals surface area contributed by atoms with Crippen LogP contribution in [0.4, 0.5) is 25.8 Å². The predicted molar refractivity (Wildman–Crippen MR) is 93.0 cm³/mol. The lowest BCUT2D eigenvalue weighted by atomic mass is 10.2. The zero-order valence-corrected chi connectivity index (χ0v) is 13.4. The van der Waals surface area contributed by atoms with Gasteiger partial charge in [-0.1, -0.05) is 24.3 Å². The first-order chi connectivity index (χ1) is 12.0. The first kappa shape index (κ1) is 16.6. The summed E-state index contributed by atoms with van der Waals surface area (Å²) in [5, 5.41) is 5.39. The summed E-state index contributed by atoms with van der Waals surface area (Å²) in [5.74, 6) is -2.37. The number of nitrogens with one attached hydrogen (secondary N) is 2. The molecule has 3 rings (SSSR count). The molecule has 2 N–H and O–H groups in total. The van der Waals surface area contributed by atoms with Crippen LogP contribution in [-0.2, 0) is 0 Å². The Morgan fingerprint density at radius 2 is 1.68 bits per heavy atom. The molecular formula is C19H15F2N3O. The lowest BCUT2D eigenvalue weighted by molar-refractivity contribution is 0.102. The van der Waals surface area contributed by atoms with E-state index in [2.05, 4.69) is 15.6 Å². The highest BCUT2D eigenvalue weighted by atomic mass is 19.1. The minimum atomic E-state index is -0.841. The number of carbonyl (C=O) groups is 1. The van der Waals surface area contributed by atoms with E-state index in [1.54, 1.807) is 6.07 Å². The molecule has 3 aromatic rings. The molecule has 126 valence electrons. The monoisotopic (exact) mass is 339 g/mol. The molecule has 0 spiro atoms. The van der Waals surface area contributed by atoms with Gasteiger partial charge in [-0.15, -0.1) is 0 Å². The molecule has 0 aliphatic carbocycles. The number of benzene rings is 2. The minimum absolute atomic E-state index is 0.0537. The Balaban J connectivity index is 1.74. The quantitative estimate of drug-likeness (QED) is 0.727. The van der Waals surface area contributed by atoms with Gasteiger partial charge in [0.1, 0.15) is 23.0 Å². The summed E-state index contributed by atoms with van der Waals surface area (Å²) in [4.78, 5) is 16.2. The highest BCUT2D eigenvalue weighted by molar-refractivity contribution is 6.03. The number of halogens is 2. The fourth-order valence-electron chi connectivity index (χ4n) is 2.27. The van der Waals surface area contributed by atoms with Crippen molar-refractivity contribution < 1.29 is 13.6 Å². The summed E-state index contributed by atoms with van der Waals surface area (Å²) in [6, 6.07) is 14.3. The number of hydrogen-bond donors (Lipinski definition) is 2. The molecule has 1 aromatic heterocycles. The van der Waals surface area contributed by atoms with Crippen LogP contribution in [0, 0.1) is 18.6 Å². The van der Waals surface area contributed by atoms with E-state index in [1.165, 1.54) is 18.3 Å². The smallest absolute Gasteiger partial charge is 0.274 e. The van der Waals surface area contributed by atoms with Crippen molar-refractivity contribution in [2.24, 2.45) is 0 Å². The second kappa shape index (κ2) is 7.09. The van der Waals surface area contributed by atoms with Gasteiger partial charge < -0.3 is 10.6 Å². The van der Waals surface area contributed by atoms with Gasteiger partial charge in [0.25, 0.3) is 5.91 Å². The maximum Gasteiger partial charge on any atom is 0.274 e. The van der Waals surface area contributed by atoms with Gasteiger partial charge in [0.2, 0.25) is 0 Å². The summed E-state index contributed by atoms with van der Waals surface area (Å²) < 4.78 is 27.2. The van der Waals surface area contributed by atoms with Crippen LogP contribution in [0.1, 0.15) is 16.1 Å². The number of nitrogens with zero attached hydrogens (tertiary/aromatic N) is 1. The number of aryl methyl sites for hydroxylation is 1. The molecule has 0 radical (unpaired) electrons. The number of para-hydroxylation sites is 2. The van der Waals surface area contributed by atoms with E-state index in [1.807, 2.05) is 31.2 Å². The topological polar surface area (TPSA) is 54.0 Å². The van der Waals surface area contributed by atoms with Gasteiger partial charge in [0.15, 0.2) is 0 Å². The Labute approximate surface area is 143 Å². The second-order valence-electron chi connectivity index (χ2n) is 5.42. The molecule has 0 aliphatic rings. The molecule has 0 saturated carbocycles. The van der Waals surface area contributed by atoms with Gasteiger partial charge in [-0.3, -0.25) is 4.79 Å². The number of carbonyl (C=O) groups excluding carboxylic acids is 1. The number of anilines is 3. The van der Waals surface area contributed by atoms with Crippen LogP contribution < -0.4 is 10.6 Å². The molecule has 1 amide bonds. The van der Waals surface area contributed by atoms with E-state index in [9.17, 15) is 13.6 Å². The normalized spacial score (nSPS) is 10.4. The lowest BCUT2D eigenvalue weighted by Crippen LogP contribution is -2.15. The molecule has 4 nitrogen and oxygen atoms in total. The Kier molecular flexibility index (Phi) is 4.70. The van der Waals surface area contributed by atoms with Crippen molar-refractivity contribution in [1.82, 2.24) is 4.98 Å². The van der Waals surface area contributed by atoms with Crippen molar-refractivity contribution in [1.29, 1.82) is 0 Å². The van der Waals surface area contributed by atoms with Crippen molar-refractivity contribution in [2.45, 2.75) is 6.92 Å². The van der Waals surface area contributed by atoms with Crippen LogP contribution in [0.25, 0.3) is 0 Å². The number of amides is 1. The van der Waals surface area contributed by atoms with Crippen molar-refractivity contribution in [3.05, 3.63) is 83.7 Å². The van der Waals surface area contributed by atoms with E-state index in [4.69, 9.17) is 0 Å². The lowest BCUT2D eigenvalue weighted by Gasteiger charge is -2.10. The average molecular weight is 339 g/mol. The van der Waals surface area contributed by atoms with Crippen LogP contribution in [0.3, 0.4) is 0 Å². The predicted octanol–water partition coefficient (Wildman–Crippen LogP) is 4.66. The molecule has 0 saturated heterocycles. The van der Waals surface area contributed by atoms with E-state index in [-0.39, 0.29) is 5.69 Å². The number of aromatic nitrogens is 1. The van der Waals surface area contributed by atoms with Crippen molar-refractivity contribution >= 4 is 23.0 Å². The summed E-state index contributed by atoms with van der Waals surface area (Å²) in [6.07, 6.45) is 1.49. The Hall–Kier alpha value is -3.28. The molecule has 1 heterocycles. The van der Waals surface area contributed by atoms with Gasteiger partial charge in [-0.2, -0.15) is 0 Å². The number of pyridine rings is 1. The molecule has 0 aliphatic heterocycles. The van der Waals surface area contributed by atoms with Crippen molar-refractivity contribution in [3.8, 4) is 0 Å². The Morgan fingerprint density at radius 3 is 2.32 bits per heavy atom. The summed E-state index contributed by atoms with van der Waals surface area (Å²) in [5.41, 5.74) is 2.26. The Bertz CT molecular complexity index is 891. The molecule has 6 heteroatoms. The average Bonchev–Trinajstić information content (AvgIpc) is 2.61. The summed E-state index contributed by atoms with van der Waals surface area (Å²) in [7, 11) is 0. The summed E-state index contributed by atoms with van der Waals surface area (Å²) in [6.45, 7) is 1.97. The van der Waals surface area contributed by atoms with E-state index in [0.29, 0.717) is 5.69 Å². The van der Waals surface area contributed by atoms with E-state index in [0.717, 1.165) is 23.4 Å². The molecule has 0 atom stereocenters.